The second-order valence-corrected chi connectivity index (χ2v) is 8.27. The lowest BCUT2D eigenvalue weighted by Crippen LogP contribution is -2.41. The van der Waals surface area contributed by atoms with Crippen molar-refractivity contribution in [2.45, 2.75) is 23.8 Å². The van der Waals surface area contributed by atoms with E-state index in [4.69, 9.17) is 16.3 Å². The molecule has 12 nitrogen and oxygen atoms in total. The molecule has 2 aromatic rings. The fourth-order valence-corrected chi connectivity index (χ4v) is 4.30. The maximum Gasteiger partial charge on any atom is 0.326 e. The highest BCUT2D eigenvalue weighted by Crippen LogP contribution is 2.26. The summed E-state index contributed by atoms with van der Waals surface area (Å²) in [5, 5.41) is 13.3. The van der Waals surface area contributed by atoms with Crippen LogP contribution in [0.25, 0.3) is 0 Å². The van der Waals surface area contributed by atoms with Crippen LogP contribution < -0.4 is 27.0 Å². The minimum absolute atomic E-state index is 0.123. The number of carboxylic acids is 1. The molecule has 2 amide bonds. The smallest absolute Gasteiger partial charge is 0.326 e. The van der Waals surface area contributed by atoms with Gasteiger partial charge in [0.2, 0.25) is 5.91 Å². The van der Waals surface area contributed by atoms with Gasteiger partial charge in [-0.25, -0.2) is 9.00 Å². The normalized spacial score (nSPS) is 12.3. The summed E-state index contributed by atoms with van der Waals surface area (Å²) in [4.78, 5) is 44.4. The van der Waals surface area contributed by atoms with Gasteiger partial charge in [-0.3, -0.25) is 24.6 Å². The van der Waals surface area contributed by atoms with Crippen molar-refractivity contribution in [3.05, 3.63) is 40.6 Å². The summed E-state index contributed by atoms with van der Waals surface area (Å²) in [6, 6.07) is 6.90. The van der Waals surface area contributed by atoms with E-state index in [0.717, 1.165) is 11.3 Å². The molecule has 32 heavy (non-hydrogen) atoms. The fraction of sp³-hybridized carbons (Fsp3) is 0.222. The molecule has 0 fully saturated rings. The Morgan fingerprint density at radius 1 is 1.22 bits per heavy atom. The molecule has 1 aromatic heterocycles. The second-order valence-electron chi connectivity index (χ2n) is 6.17. The standard InChI is InChI=1S/C18H22N6O6S2/c1-30-23-10-4-2-3-5-13(10)32(29)24-11-8-9-31-15(11)16(26)21-12(17(27)28)6-7-14(25)22-18(19)20/h2-5,8-9,12,23-24H,6-7H2,1H3,(H,21,26)(H,27,28)(H4,19,20,22,25)/t12-,32?/m0/s1. The molecule has 0 saturated carbocycles. The highest BCUT2D eigenvalue weighted by Gasteiger charge is 2.24. The van der Waals surface area contributed by atoms with E-state index >= 15 is 0 Å². The third-order valence-electron chi connectivity index (χ3n) is 3.88. The number of guanidine groups is 1. The number of nitrogens with two attached hydrogens (primary N) is 2. The number of benzene rings is 1. The Morgan fingerprint density at radius 2 is 1.94 bits per heavy atom. The van der Waals surface area contributed by atoms with Crippen LogP contribution in [-0.4, -0.2) is 46.2 Å². The van der Waals surface area contributed by atoms with Gasteiger partial charge in [-0.05, 0) is 30.0 Å². The van der Waals surface area contributed by atoms with Crippen LogP contribution in [0.2, 0.25) is 0 Å². The van der Waals surface area contributed by atoms with Crippen LogP contribution in [0.4, 0.5) is 11.4 Å². The first-order valence-electron chi connectivity index (χ1n) is 9.03. The van der Waals surface area contributed by atoms with Crippen molar-refractivity contribution in [1.29, 1.82) is 0 Å². The zero-order valence-corrected chi connectivity index (χ0v) is 18.5. The Balaban J connectivity index is 2.10. The highest BCUT2D eigenvalue weighted by atomic mass is 32.2. The van der Waals surface area contributed by atoms with Crippen molar-refractivity contribution < 1.29 is 28.5 Å². The number of aliphatic carboxylic acids is 1. The molecule has 0 aliphatic rings. The highest BCUT2D eigenvalue weighted by molar-refractivity contribution is 7.86. The third kappa shape index (κ3) is 7.04. The van der Waals surface area contributed by atoms with Gasteiger partial charge < -0.3 is 21.9 Å². The SMILES string of the molecule is CONc1ccccc1S(=O)Nc1ccsc1C(=O)N[C@@H](CCC(=O)N=C(N)N)C(=O)O. The van der Waals surface area contributed by atoms with Crippen molar-refractivity contribution in [2.24, 2.45) is 16.5 Å². The molecule has 1 unspecified atom stereocenters. The van der Waals surface area contributed by atoms with Gasteiger partial charge in [0.15, 0.2) is 16.9 Å². The van der Waals surface area contributed by atoms with Crippen molar-refractivity contribution in [2.75, 3.05) is 17.3 Å². The third-order valence-corrected chi connectivity index (χ3v) is 5.95. The minimum Gasteiger partial charge on any atom is -0.480 e. The van der Waals surface area contributed by atoms with Crippen molar-refractivity contribution in [1.82, 2.24) is 5.32 Å². The zero-order valence-electron chi connectivity index (χ0n) is 16.9. The number of rotatable bonds is 11. The van der Waals surface area contributed by atoms with Crippen LogP contribution in [0, 0.1) is 0 Å². The average molecular weight is 483 g/mol. The summed E-state index contributed by atoms with van der Waals surface area (Å²) in [5.41, 5.74) is 13.6. The van der Waals surface area contributed by atoms with Crippen LogP contribution in [0.1, 0.15) is 22.5 Å². The minimum atomic E-state index is -1.75. The van der Waals surface area contributed by atoms with Crippen LogP contribution in [0.15, 0.2) is 45.6 Å². The number of hydrogen-bond donors (Lipinski definition) is 6. The molecular weight excluding hydrogens is 460 g/mol. The molecule has 0 aliphatic heterocycles. The van der Waals surface area contributed by atoms with E-state index in [1.54, 1.807) is 35.7 Å². The van der Waals surface area contributed by atoms with E-state index in [2.05, 4.69) is 20.5 Å². The molecule has 0 saturated heterocycles. The molecule has 1 heterocycles. The largest absolute Gasteiger partial charge is 0.480 e. The molecule has 172 valence electrons. The second kappa shape index (κ2) is 11.8. The number of anilines is 2. The van der Waals surface area contributed by atoms with Crippen molar-refractivity contribution in [3.63, 3.8) is 0 Å². The lowest BCUT2D eigenvalue weighted by molar-refractivity contribution is -0.139. The number of carbonyl (C=O) groups excluding carboxylic acids is 2. The number of aliphatic imine (C=N–C) groups is 1. The summed E-state index contributed by atoms with van der Waals surface area (Å²) in [5.74, 6) is -3.17. The van der Waals surface area contributed by atoms with E-state index in [0.29, 0.717) is 10.6 Å². The maximum absolute atomic E-state index is 12.8. The Hall–Kier alpha value is -3.49. The van der Waals surface area contributed by atoms with E-state index < -0.39 is 40.8 Å². The molecule has 2 atom stereocenters. The molecule has 8 N–H and O–H groups in total. The van der Waals surface area contributed by atoms with Gasteiger partial charge in [-0.1, -0.05) is 12.1 Å². The Morgan fingerprint density at radius 3 is 2.59 bits per heavy atom. The summed E-state index contributed by atoms with van der Waals surface area (Å²) < 4.78 is 15.5. The van der Waals surface area contributed by atoms with E-state index in [1.165, 1.54) is 7.11 Å². The lowest BCUT2D eigenvalue weighted by atomic mass is 10.1. The Bertz CT molecular complexity index is 1040. The molecule has 0 spiro atoms. The number of nitrogens with zero attached hydrogens (tertiary/aromatic N) is 1. The molecular formula is C18H22N6O6S2. The number of carboxylic acid groups (broad SMARTS) is 1. The van der Waals surface area contributed by atoms with E-state index in [1.807, 2.05) is 0 Å². The maximum atomic E-state index is 12.8. The van der Waals surface area contributed by atoms with Gasteiger partial charge in [0, 0.05) is 6.42 Å². The zero-order chi connectivity index (χ0) is 23.7. The summed E-state index contributed by atoms with van der Waals surface area (Å²) >= 11 is 1.03. The number of nitrogens with one attached hydrogen (secondary N) is 3. The van der Waals surface area contributed by atoms with Gasteiger partial charge >= 0.3 is 5.97 Å². The van der Waals surface area contributed by atoms with Gasteiger partial charge in [0.05, 0.1) is 23.4 Å². The summed E-state index contributed by atoms with van der Waals surface area (Å²) in [6.07, 6.45) is -0.495. The van der Waals surface area contributed by atoms with Gasteiger partial charge in [-0.15, -0.1) is 11.3 Å². The molecule has 0 bridgehead atoms. The predicted octanol–water partition coefficient (Wildman–Crippen LogP) is 0.619. The van der Waals surface area contributed by atoms with Crippen LogP contribution in [-0.2, 0) is 25.4 Å². The van der Waals surface area contributed by atoms with E-state index in [9.17, 15) is 23.7 Å². The van der Waals surface area contributed by atoms with Crippen LogP contribution in [0.5, 0.6) is 0 Å². The van der Waals surface area contributed by atoms with Gasteiger partial charge in [-0.2, -0.15) is 4.99 Å². The van der Waals surface area contributed by atoms with Gasteiger partial charge in [0.25, 0.3) is 5.91 Å². The molecule has 2 rings (SSSR count). The number of para-hydroxylation sites is 1. The van der Waals surface area contributed by atoms with Crippen molar-refractivity contribution >= 4 is 57.4 Å². The quantitative estimate of drug-likeness (QED) is 0.151. The average Bonchev–Trinajstić information content (AvgIpc) is 3.19. The first-order valence-corrected chi connectivity index (χ1v) is 11.1. The number of carbonyl (C=O) groups is 3. The monoisotopic (exact) mass is 482 g/mol. The van der Waals surface area contributed by atoms with Gasteiger partial charge in [0.1, 0.15) is 10.9 Å². The van der Waals surface area contributed by atoms with Crippen LogP contribution >= 0.6 is 11.3 Å². The first-order chi connectivity index (χ1) is 15.2. The van der Waals surface area contributed by atoms with Crippen molar-refractivity contribution in [3.8, 4) is 0 Å². The molecule has 0 aliphatic carbocycles. The Labute approximate surface area is 189 Å². The topological polar surface area (TPSA) is 198 Å². The fourth-order valence-electron chi connectivity index (χ4n) is 2.49. The lowest BCUT2D eigenvalue weighted by Gasteiger charge is -2.15. The molecule has 1 aromatic carbocycles. The molecule has 0 radical (unpaired) electrons. The van der Waals surface area contributed by atoms with E-state index in [-0.39, 0.29) is 23.4 Å². The summed E-state index contributed by atoms with van der Waals surface area (Å²) in [7, 11) is -0.340. The predicted molar refractivity (Wildman–Crippen MR) is 120 cm³/mol. The summed E-state index contributed by atoms with van der Waals surface area (Å²) in [6.45, 7) is 0. The Kier molecular flexibility index (Phi) is 9.12. The number of thiophene rings is 1. The number of amides is 2. The van der Waals surface area contributed by atoms with Crippen LogP contribution in [0.3, 0.4) is 0 Å². The molecule has 14 heteroatoms. The number of hydrogen-bond acceptors (Lipinski definition) is 7. The first kappa shape index (κ1) is 24.8.